The van der Waals surface area contributed by atoms with Crippen molar-refractivity contribution in [3.63, 3.8) is 0 Å². The van der Waals surface area contributed by atoms with Crippen molar-refractivity contribution in [3.8, 4) is 0 Å². The summed E-state index contributed by atoms with van der Waals surface area (Å²) in [5.74, 6) is -0.0750. The fraction of sp³-hybridized carbons (Fsp3) is 0.917. The molecule has 1 rings (SSSR count). The van der Waals surface area contributed by atoms with Crippen LogP contribution in [0.3, 0.4) is 0 Å². The van der Waals surface area contributed by atoms with Gasteiger partial charge in [0.05, 0.1) is 11.0 Å². The van der Waals surface area contributed by atoms with E-state index >= 15 is 0 Å². The number of hydrogen-bond donors (Lipinski definition) is 3. The van der Waals surface area contributed by atoms with Crippen molar-refractivity contribution in [1.82, 2.24) is 5.32 Å². The lowest BCUT2D eigenvalue weighted by Crippen LogP contribution is -2.49. The predicted octanol–water partition coefficient (Wildman–Crippen LogP) is 0.783. The third kappa shape index (κ3) is 3.46. The quantitative estimate of drug-likeness (QED) is 0.665. The Balaban J connectivity index is 2.41. The molecule has 1 fully saturated rings. The summed E-state index contributed by atoms with van der Waals surface area (Å²) in [4.78, 5) is 11.8. The van der Waals surface area contributed by atoms with Gasteiger partial charge in [-0.3, -0.25) is 4.79 Å². The largest absolute Gasteiger partial charge is 0.388 e. The number of aliphatic hydroxyl groups is 1. The van der Waals surface area contributed by atoms with Gasteiger partial charge >= 0.3 is 0 Å². The zero-order valence-electron chi connectivity index (χ0n) is 10.4. The standard InChI is InChI=1S/C12H24N2O2/c1-11(2,8-13)10(15)14-9-12(16)6-4-3-5-7-12/h16H,3-9,13H2,1-2H3,(H,14,15). The topological polar surface area (TPSA) is 75.4 Å². The molecule has 4 N–H and O–H groups in total. The number of carbonyl (C=O) groups is 1. The van der Waals surface area contributed by atoms with Crippen LogP contribution in [0.5, 0.6) is 0 Å². The van der Waals surface area contributed by atoms with Gasteiger partial charge in [-0.2, -0.15) is 0 Å². The Morgan fingerprint density at radius 2 is 1.94 bits per heavy atom. The smallest absolute Gasteiger partial charge is 0.227 e. The molecule has 0 bridgehead atoms. The first-order valence-corrected chi connectivity index (χ1v) is 6.10. The molecule has 1 aliphatic rings. The molecule has 0 unspecified atom stereocenters. The molecule has 0 saturated heterocycles. The summed E-state index contributed by atoms with van der Waals surface area (Å²) in [6.45, 7) is 4.30. The Bertz CT molecular complexity index is 245. The van der Waals surface area contributed by atoms with E-state index in [1.54, 1.807) is 0 Å². The molecule has 0 aliphatic heterocycles. The molecule has 0 aromatic carbocycles. The highest BCUT2D eigenvalue weighted by atomic mass is 16.3. The molecular weight excluding hydrogens is 204 g/mol. The van der Waals surface area contributed by atoms with Crippen molar-refractivity contribution in [2.24, 2.45) is 11.1 Å². The summed E-state index contributed by atoms with van der Waals surface area (Å²) in [5.41, 5.74) is 4.28. The van der Waals surface area contributed by atoms with Crippen LogP contribution in [-0.4, -0.2) is 29.7 Å². The maximum atomic E-state index is 11.8. The van der Waals surface area contributed by atoms with E-state index in [4.69, 9.17) is 5.73 Å². The van der Waals surface area contributed by atoms with E-state index in [0.29, 0.717) is 13.1 Å². The van der Waals surface area contributed by atoms with Gasteiger partial charge in [-0.1, -0.05) is 19.3 Å². The molecule has 0 aromatic heterocycles. The van der Waals surface area contributed by atoms with Gasteiger partial charge in [0.25, 0.3) is 0 Å². The Labute approximate surface area is 97.6 Å². The second-order valence-corrected chi connectivity index (χ2v) is 5.56. The molecule has 1 saturated carbocycles. The number of amides is 1. The van der Waals surface area contributed by atoms with Crippen molar-refractivity contribution in [1.29, 1.82) is 0 Å². The van der Waals surface area contributed by atoms with Gasteiger partial charge in [0, 0.05) is 13.1 Å². The van der Waals surface area contributed by atoms with Gasteiger partial charge in [-0.05, 0) is 26.7 Å². The van der Waals surface area contributed by atoms with Crippen molar-refractivity contribution in [2.45, 2.75) is 51.6 Å². The molecule has 4 nitrogen and oxygen atoms in total. The van der Waals surface area contributed by atoms with E-state index in [1.807, 2.05) is 13.8 Å². The Kier molecular flexibility index (Phi) is 4.33. The number of hydrogen-bond acceptors (Lipinski definition) is 3. The third-order valence-electron chi connectivity index (χ3n) is 3.49. The maximum absolute atomic E-state index is 11.8. The van der Waals surface area contributed by atoms with E-state index in [-0.39, 0.29) is 5.91 Å². The number of nitrogens with one attached hydrogen (secondary N) is 1. The first-order valence-electron chi connectivity index (χ1n) is 6.10. The SMILES string of the molecule is CC(C)(CN)C(=O)NCC1(O)CCCCC1. The fourth-order valence-corrected chi connectivity index (χ4v) is 1.96. The number of carbonyl (C=O) groups excluding carboxylic acids is 1. The van der Waals surface area contributed by atoms with Crippen LogP contribution in [0.1, 0.15) is 46.0 Å². The third-order valence-corrected chi connectivity index (χ3v) is 3.49. The monoisotopic (exact) mass is 228 g/mol. The van der Waals surface area contributed by atoms with Crippen LogP contribution in [0.15, 0.2) is 0 Å². The average molecular weight is 228 g/mol. The molecule has 0 aromatic rings. The lowest BCUT2D eigenvalue weighted by Gasteiger charge is -2.33. The Morgan fingerprint density at radius 3 is 2.44 bits per heavy atom. The van der Waals surface area contributed by atoms with Crippen LogP contribution in [0.4, 0.5) is 0 Å². The summed E-state index contributed by atoms with van der Waals surface area (Å²) in [7, 11) is 0. The van der Waals surface area contributed by atoms with Gasteiger partial charge in [0.1, 0.15) is 0 Å². The van der Waals surface area contributed by atoms with E-state index in [2.05, 4.69) is 5.32 Å². The second-order valence-electron chi connectivity index (χ2n) is 5.56. The minimum Gasteiger partial charge on any atom is -0.388 e. The van der Waals surface area contributed by atoms with Crippen LogP contribution in [0.2, 0.25) is 0 Å². The second kappa shape index (κ2) is 5.15. The Morgan fingerprint density at radius 1 is 1.38 bits per heavy atom. The highest BCUT2D eigenvalue weighted by molar-refractivity contribution is 5.82. The van der Waals surface area contributed by atoms with Gasteiger partial charge in [-0.25, -0.2) is 0 Å². The lowest BCUT2D eigenvalue weighted by molar-refractivity contribution is -0.130. The van der Waals surface area contributed by atoms with Gasteiger partial charge in [0.15, 0.2) is 0 Å². The van der Waals surface area contributed by atoms with Crippen molar-refractivity contribution < 1.29 is 9.90 Å². The van der Waals surface area contributed by atoms with Crippen molar-refractivity contribution in [2.75, 3.05) is 13.1 Å². The summed E-state index contributed by atoms with van der Waals surface area (Å²) in [6, 6.07) is 0. The zero-order chi connectivity index (χ0) is 12.2. The minimum absolute atomic E-state index is 0.0750. The predicted molar refractivity (Wildman–Crippen MR) is 63.9 cm³/mol. The molecule has 4 heteroatoms. The summed E-state index contributed by atoms with van der Waals surface area (Å²) in [5, 5.41) is 13.0. The molecule has 94 valence electrons. The van der Waals surface area contributed by atoms with E-state index < -0.39 is 11.0 Å². The Hall–Kier alpha value is -0.610. The highest BCUT2D eigenvalue weighted by Crippen LogP contribution is 2.27. The van der Waals surface area contributed by atoms with Gasteiger partial charge in [-0.15, -0.1) is 0 Å². The van der Waals surface area contributed by atoms with Crippen LogP contribution < -0.4 is 11.1 Å². The lowest BCUT2D eigenvalue weighted by atomic mass is 9.84. The summed E-state index contributed by atoms with van der Waals surface area (Å²) < 4.78 is 0. The molecule has 0 atom stereocenters. The normalized spacial score (nSPS) is 20.5. The first-order chi connectivity index (χ1) is 7.40. The van der Waals surface area contributed by atoms with E-state index in [0.717, 1.165) is 25.7 Å². The molecule has 0 spiro atoms. The van der Waals surface area contributed by atoms with Crippen LogP contribution >= 0.6 is 0 Å². The van der Waals surface area contributed by atoms with Crippen LogP contribution in [0, 0.1) is 5.41 Å². The molecule has 1 aliphatic carbocycles. The first kappa shape index (κ1) is 13.5. The molecule has 16 heavy (non-hydrogen) atoms. The van der Waals surface area contributed by atoms with Crippen molar-refractivity contribution in [3.05, 3.63) is 0 Å². The molecular formula is C12H24N2O2. The minimum atomic E-state index is -0.696. The average Bonchev–Trinajstić information content (AvgIpc) is 2.27. The summed E-state index contributed by atoms with van der Waals surface area (Å²) >= 11 is 0. The van der Waals surface area contributed by atoms with Crippen LogP contribution in [-0.2, 0) is 4.79 Å². The van der Waals surface area contributed by atoms with Crippen LogP contribution in [0.25, 0.3) is 0 Å². The number of nitrogens with two attached hydrogens (primary N) is 1. The van der Waals surface area contributed by atoms with Gasteiger partial charge in [0.2, 0.25) is 5.91 Å². The molecule has 0 radical (unpaired) electrons. The number of rotatable bonds is 4. The van der Waals surface area contributed by atoms with E-state index in [9.17, 15) is 9.90 Å². The fourth-order valence-electron chi connectivity index (χ4n) is 1.96. The highest BCUT2D eigenvalue weighted by Gasteiger charge is 2.32. The molecule has 1 amide bonds. The summed E-state index contributed by atoms with van der Waals surface area (Å²) in [6.07, 6.45) is 4.86. The van der Waals surface area contributed by atoms with Crippen molar-refractivity contribution >= 4 is 5.91 Å². The van der Waals surface area contributed by atoms with Gasteiger partial charge < -0.3 is 16.2 Å². The van der Waals surface area contributed by atoms with E-state index in [1.165, 1.54) is 6.42 Å². The maximum Gasteiger partial charge on any atom is 0.227 e. The zero-order valence-corrected chi connectivity index (χ0v) is 10.4. The molecule has 0 heterocycles.